The molecule has 0 aliphatic heterocycles. The normalized spacial score (nSPS) is 12.2. The van der Waals surface area contributed by atoms with Crippen molar-refractivity contribution in [3.63, 3.8) is 0 Å². The molecule has 0 radical (unpaired) electrons. The molecule has 3 heteroatoms. The molecule has 16 heavy (non-hydrogen) atoms. The number of hydrogen-bond donors (Lipinski definition) is 1. The van der Waals surface area contributed by atoms with Crippen molar-refractivity contribution in [1.29, 1.82) is 0 Å². The lowest BCUT2D eigenvalue weighted by atomic mass is 10.1. The molecule has 0 aliphatic carbocycles. The van der Waals surface area contributed by atoms with E-state index >= 15 is 0 Å². The number of rotatable bonds is 5. The Hall–Kier alpha value is -1.35. The van der Waals surface area contributed by atoms with Crippen LogP contribution in [-0.4, -0.2) is 18.5 Å². The van der Waals surface area contributed by atoms with Crippen LogP contribution in [0.2, 0.25) is 0 Å². The van der Waals surface area contributed by atoms with E-state index in [4.69, 9.17) is 5.73 Å². The fourth-order valence-electron chi connectivity index (χ4n) is 1.59. The molecule has 1 atom stereocenters. The van der Waals surface area contributed by atoms with Crippen molar-refractivity contribution < 1.29 is 4.79 Å². The van der Waals surface area contributed by atoms with E-state index in [1.165, 1.54) is 0 Å². The van der Waals surface area contributed by atoms with E-state index in [0.717, 1.165) is 12.1 Å². The lowest BCUT2D eigenvalue weighted by Gasteiger charge is -2.22. The van der Waals surface area contributed by atoms with Gasteiger partial charge in [-0.05, 0) is 25.5 Å². The number of carbonyl (C=O) groups excluding carboxylic acids is 1. The van der Waals surface area contributed by atoms with Gasteiger partial charge in [-0.1, -0.05) is 25.1 Å². The van der Waals surface area contributed by atoms with E-state index in [9.17, 15) is 4.79 Å². The minimum absolute atomic E-state index is 0.0368. The summed E-state index contributed by atoms with van der Waals surface area (Å²) in [5.41, 5.74) is 6.74. The number of benzene rings is 1. The number of amides is 1. The van der Waals surface area contributed by atoms with Gasteiger partial charge in [0.2, 0.25) is 5.91 Å². The molecule has 0 bridgehead atoms. The topological polar surface area (TPSA) is 46.3 Å². The second-order valence-corrected chi connectivity index (χ2v) is 3.85. The van der Waals surface area contributed by atoms with Gasteiger partial charge in [0.25, 0.3) is 0 Å². The van der Waals surface area contributed by atoms with Gasteiger partial charge in [0.1, 0.15) is 0 Å². The van der Waals surface area contributed by atoms with Crippen molar-refractivity contribution in [3.8, 4) is 0 Å². The lowest BCUT2D eigenvalue weighted by Crippen LogP contribution is -2.35. The fourth-order valence-corrected chi connectivity index (χ4v) is 1.59. The first-order valence-electron chi connectivity index (χ1n) is 5.80. The van der Waals surface area contributed by atoms with Gasteiger partial charge in [0.05, 0.1) is 0 Å². The Balaban J connectivity index is 2.71. The van der Waals surface area contributed by atoms with Crippen LogP contribution in [0, 0.1) is 0 Å². The van der Waals surface area contributed by atoms with Crippen molar-refractivity contribution in [2.45, 2.75) is 32.7 Å². The van der Waals surface area contributed by atoms with Crippen molar-refractivity contribution in [2.24, 2.45) is 5.73 Å². The molecule has 0 aromatic heterocycles. The summed E-state index contributed by atoms with van der Waals surface area (Å²) in [6, 6.07) is 9.66. The Morgan fingerprint density at radius 3 is 2.44 bits per heavy atom. The Morgan fingerprint density at radius 1 is 1.31 bits per heavy atom. The summed E-state index contributed by atoms with van der Waals surface area (Å²) in [7, 11) is 0. The third-order valence-electron chi connectivity index (χ3n) is 2.65. The third-order valence-corrected chi connectivity index (χ3v) is 2.65. The zero-order valence-corrected chi connectivity index (χ0v) is 10.0. The quantitative estimate of drug-likeness (QED) is 0.826. The zero-order valence-electron chi connectivity index (χ0n) is 10.0. The molecule has 1 aromatic rings. The summed E-state index contributed by atoms with van der Waals surface area (Å²) in [5.74, 6) is 0.100. The van der Waals surface area contributed by atoms with Crippen LogP contribution in [0.15, 0.2) is 30.3 Å². The molecule has 1 aromatic carbocycles. The minimum Gasteiger partial charge on any atom is -0.327 e. The average molecular weight is 220 g/mol. The van der Waals surface area contributed by atoms with Crippen LogP contribution >= 0.6 is 0 Å². The summed E-state index contributed by atoms with van der Waals surface area (Å²) in [6.45, 7) is 4.65. The summed E-state index contributed by atoms with van der Waals surface area (Å²) in [4.78, 5) is 13.8. The fraction of sp³-hybridized carbons (Fsp3) is 0.462. The second-order valence-electron chi connectivity index (χ2n) is 3.85. The molecule has 0 saturated heterocycles. The Morgan fingerprint density at radius 2 is 1.94 bits per heavy atom. The molecule has 88 valence electrons. The zero-order chi connectivity index (χ0) is 12.0. The van der Waals surface area contributed by atoms with Crippen molar-refractivity contribution in [2.75, 3.05) is 11.4 Å². The number of para-hydroxylation sites is 1. The number of anilines is 1. The number of carbonyl (C=O) groups is 1. The van der Waals surface area contributed by atoms with E-state index < -0.39 is 0 Å². The highest BCUT2D eigenvalue weighted by Crippen LogP contribution is 2.14. The molecule has 0 aliphatic rings. The molecule has 0 heterocycles. The van der Waals surface area contributed by atoms with Crippen LogP contribution < -0.4 is 10.6 Å². The van der Waals surface area contributed by atoms with Gasteiger partial charge < -0.3 is 10.6 Å². The predicted molar refractivity (Wildman–Crippen MR) is 67.4 cm³/mol. The third kappa shape index (κ3) is 3.35. The Bertz CT molecular complexity index is 324. The highest BCUT2D eigenvalue weighted by molar-refractivity contribution is 5.93. The van der Waals surface area contributed by atoms with Crippen LogP contribution in [0.3, 0.4) is 0 Å². The Kier molecular flexibility index (Phi) is 4.99. The van der Waals surface area contributed by atoms with E-state index in [1.54, 1.807) is 4.90 Å². The van der Waals surface area contributed by atoms with E-state index in [2.05, 4.69) is 0 Å². The van der Waals surface area contributed by atoms with Gasteiger partial charge in [0, 0.05) is 24.7 Å². The van der Waals surface area contributed by atoms with Crippen LogP contribution in [0.4, 0.5) is 5.69 Å². The highest BCUT2D eigenvalue weighted by Gasteiger charge is 2.15. The number of nitrogens with two attached hydrogens (primary N) is 1. The van der Waals surface area contributed by atoms with Gasteiger partial charge in [0.15, 0.2) is 0 Å². The standard InChI is InChI=1S/C13H20N2O/c1-3-11(14)10-13(16)15(4-2)12-8-6-5-7-9-12/h5-9,11H,3-4,10,14H2,1-2H3. The van der Waals surface area contributed by atoms with Gasteiger partial charge in [-0.3, -0.25) is 4.79 Å². The largest absolute Gasteiger partial charge is 0.327 e. The van der Waals surface area contributed by atoms with Crippen molar-refractivity contribution in [3.05, 3.63) is 30.3 Å². The smallest absolute Gasteiger partial charge is 0.228 e. The molecule has 0 spiro atoms. The molecule has 2 N–H and O–H groups in total. The van der Waals surface area contributed by atoms with E-state index in [-0.39, 0.29) is 11.9 Å². The first-order chi connectivity index (χ1) is 7.69. The predicted octanol–water partition coefficient (Wildman–Crippen LogP) is 2.17. The molecule has 0 fully saturated rings. The maximum atomic E-state index is 12.0. The summed E-state index contributed by atoms with van der Waals surface area (Å²) in [6.07, 6.45) is 1.25. The molecular weight excluding hydrogens is 200 g/mol. The highest BCUT2D eigenvalue weighted by atomic mass is 16.2. The van der Waals surface area contributed by atoms with Gasteiger partial charge in [-0.15, -0.1) is 0 Å². The van der Waals surface area contributed by atoms with Crippen LogP contribution in [0.5, 0.6) is 0 Å². The van der Waals surface area contributed by atoms with Gasteiger partial charge >= 0.3 is 0 Å². The number of nitrogens with zero attached hydrogens (tertiary/aromatic N) is 1. The maximum absolute atomic E-state index is 12.0. The average Bonchev–Trinajstić information content (AvgIpc) is 2.31. The molecular formula is C13H20N2O. The molecule has 0 saturated carbocycles. The summed E-state index contributed by atoms with van der Waals surface area (Å²) < 4.78 is 0. The summed E-state index contributed by atoms with van der Waals surface area (Å²) in [5, 5.41) is 0. The Labute approximate surface area is 97.2 Å². The molecule has 1 amide bonds. The maximum Gasteiger partial charge on any atom is 0.228 e. The number of hydrogen-bond acceptors (Lipinski definition) is 2. The van der Waals surface area contributed by atoms with E-state index in [1.807, 2.05) is 44.2 Å². The molecule has 1 rings (SSSR count). The van der Waals surface area contributed by atoms with E-state index in [0.29, 0.717) is 13.0 Å². The molecule has 1 unspecified atom stereocenters. The first-order valence-corrected chi connectivity index (χ1v) is 5.80. The van der Waals surface area contributed by atoms with Gasteiger partial charge in [-0.2, -0.15) is 0 Å². The monoisotopic (exact) mass is 220 g/mol. The van der Waals surface area contributed by atoms with Crippen LogP contribution in [0.25, 0.3) is 0 Å². The minimum atomic E-state index is -0.0368. The van der Waals surface area contributed by atoms with Gasteiger partial charge in [-0.25, -0.2) is 0 Å². The molecule has 3 nitrogen and oxygen atoms in total. The second kappa shape index (κ2) is 6.28. The van der Waals surface area contributed by atoms with Crippen molar-refractivity contribution in [1.82, 2.24) is 0 Å². The van der Waals surface area contributed by atoms with Crippen LogP contribution in [0.1, 0.15) is 26.7 Å². The summed E-state index contributed by atoms with van der Waals surface area (Å²) >= 11 is 0. The van der Waals surface area contributed by atoms with Crippen molar-refractivity contribution >= 4 is 11.6 Å². The first kappa shape index (κ1) is 12.7. The lowest BCUT2D eigenvalue weighted by molar-refractivity contribution is -0.118. The van der Waals surface area contributed by atoms with Crippen LogP contribution in [-0.2, 0) is 4.79 Å². The SMILES string of the molecule is CCC(N)CC(=O)N(CC)c1ccccc1.